The number of nitrogens with zero attached hydrogens (tertiary/aromatic N) is 4. The largest absolute Gasteiger partial charge is 0.497 e. The Balaban J connectivity index is 1.29. The Hall–Kier alpha value is -3.23. The maximum absolute atomic E-state index is 13.2. The zero-order valence-corrected chi connectivity index (χ0v) is 20.9. The number of likely N-dealkylation sites (N-methyl/N-ethyl adjacent to an activating group) is 1. The number of carbonyl (C=O) groups excluding carboxylic acids is 1. The summed E-state index contributed by atoms with van der Waals surface area (Å²) in [5.74, 6) is 1.54. The summed E-state index contributed by atoms with van der Waals surface area (Å²) in [6, 6.07) is 18.1. The van der Waals surface area contributed by atoms with Gasteiger partial charge in [0.1, 0.15) is 16.8 Å². The SMILES string of the molecule is COc1cccc(C[C@@H](C2CCN(Cc3ccc4nsnc4c3)CC2)N(C)C(=O)c2ccco2)c1. The third-order valence-electron chi connectivity index (χ3n) is 7.03. The third-order valence-corrected chi connectivity index (χ3v) is 7.59. The molecule has 0 N–H and O–H groups in total. The lowest BCUT2D eigenvalue weighted by molar-refractivity contribution is 0.0556. The Bertz CT molecular complexity index is 1260. The van der Waals surface area contributed by atoms with Gasteiger partial charge in [-0.05, 0) is 85.8 Å². The number of carbonyl (C=O) groups is 1. The number of hydrogen-bond acceptors (Lipinski definition) is 7. The molecule has 1 aliphatic rings. The fraction of sp³-hybridized carbons (Fsp3) is 0.370. The first-order chi connectivity index (χ1) is 17.1. The maximum atomic E-state index is 13.2. The second kappa shape index (κ2) is 10.6. The van der Waals surface area contributed by atoms with Gasteiger partial charge < -0.3 is 14.1 Å². The number of ether oxygens (including phenoxy) is 1. The Morgan fingerprint density at radius 2 is 1.94 bits per heavy atom. The number of amides is 1. The van der Waals surface area contributed by atoms with E-state index in [-0.39, 0.29) is 11.9 Å². The molecular weight excluding hydrogens is 460 g/mol. The summed E-state index contributed by atoms with van der Waals surface area (Å²) in [4.78, 5) is 17.6. The number of fused-ring (bicyclic) bond motifs is 1. The summed E-state index contributed by atoms with van der Waals surface area (Å²) >= 11 is 1.26. The monoisotopic (exact) mass is 490 g/mol. The average molecular weight is 491 g/mol. The maximum Gasteiger partial charge on any atom is 0.289 e. The molecule has 182 valence electrons. The van der Waals surface area contributed by atoms with E-state index in [1.165, 1.54) is 22.9 Å². The Kier molecular flexibility index (Phi) is 7.11. The molecule has 0 bridgehead atoms. The van der Waals surface area contributed by atoms with Crippen molar-refractivity contribution in [2.75, 3.05) is 27.2 Å². The molecule has 0 unspecified atom stereocenters. The van der Waals surface area contributed by atoms with Gasteiger partial charge >= 0.3 is 0 Å². The molecule has 5 rings (SSSR count). The molecular formula is C27H30N4O3S. The highest BCUT2D eigenvalue weighted by Gasteiger charge is 2.32. The second-order valence-corrected chi connectivity index (χ2v) is 9.75. The molecule has 1 atom stereocenters. The molecule has 0 saturated carbocycles. The van der Waals surface area contributed by atoms with Crippen LogP contribution in [0.1, 0.15) is 34.5 Å². The van der Waals surface area contributed by atoms with Crippen molar-refractivity contribution in [2.24, 2.45) is 5.92 Å². The van der Waals surface area contributed by atoms with E-state index in [1.54, 1.807) is 25.5 Å². The van der Waals surface area contributed by atoms with Gasteiger partial charge in [0.05, 0.1) is 25.1 Å². The summed E-state index contributed by atoms with van der Waals surface area (Å²) in [5.41, 5.74) is 4.36. The fourth-order valence-electron chi connectivity index (χ4n) is 5.07. The molecule has 1 saturated heterocycles. The summed E-state index contributed by atoms with van der Waals surface area (Å²) in [7, 11) is 3.58. The molecule has 1 amide bonds. The lowest BCUT2D eigenvalue weighted by Gasteiger charge is -2.40. The number of piperidine rings is 1. The van der Waals surface area contributed by atoms with Gasteiger partial charge in [0, 0.05) is 19.6 Å². The molecule has 2 aromatic carbocycles. The van der Waals surface area contributed by atoms with Crippen molar-refractivity contribution < 1.29 is 13.9 Å². The first kappa shape index (κ1) is 23.5. The van der Waals surface area contributed by atoms with Crippen LogP contribution < -0.4 is 4.74 Å². The zero-order valence-electron chi connectivity index (χ0n) is 20.1. The van der Waals surface area contributed by atoms with Gasteiger partial charge in [-0.15, -0.1) is 0 Å². The van der Waals surface area contributed by atoms with Crippen molar-refractivity contribution in [1.82, 2.24) is 18.5 Å². The van der Waals surface area contributed by atoms with Gasteiger partial charge in [-0.25, -0.2) is 0 Å². The molecule has 35 heavy (non-hydrogen) atoms. The number of likely N-dealkylation sites (tertiary alicyclic amines) is 1. The van der Waals surface area contributed by atoms with Crippen molar-refractivity contribution in [2.45, 2.75) is 31.8 Å². The minimum atomic E-state index is -0.0736. The summed E-state index contributed by atoms with van der Waals surface area (Å²) in [6.45, 7) is 2.90. The second-order valence-electron chi connectivity index (χ2n) is 9.22. The van der Waals surface area contributed by atoms with E-state index in [0.29, 0.717) is 11.7 Å². The first-order valence-electron chi connectivity index (χ1n) is 12.0. The topological polar surface area (TPSA) is 71.7 Å². The van der Waals surface area contributed by atoms with Gasteiger partial charge in [0.15, 0.2) is 5.76 Å². The van der Waals surface area contributed by atoms with Crippen LogP contribution in [0.15, 0.2) is 65.3 Å². The highest BCUT2D eigenvalue weighted by Crippen LogP contribution is 2.29. The van der Waals surface area contributed by atoms with Gasteiger partial charge in [-0.3, -0.25) is 9.69 Å². The van der Waals surface area contributed by atoms with Crippen LogP contribution in [-0.2, 0) is 13.0 Å². The van der Waals surface area contributed by atoms with Crippen LogP contribution in [-0.4, -0.2) is 57.7 Å². The quantitative estimate of drug-likeness (QED) is 0.350. The molecule has 4 aromatic rings. The smallest absolute Gasteiger partial charge is 0.289 e. The number of benzene rings is 2. The average Bonchev–Trinajstić information content (AvgIpc) is 3.59. The number of furan rings is 1. The van der Waals surface area contributed by atoms with Crippen molar-refractivity contribution in [3.63, 3.8) is 0 Å². The predicted octanol–water partition coefficient (Wildman–Crippen LogP) is 4.89. The van der Waals surface area contributed by atoms with Crippen LogP contribution in [0.2, 0.25) is 0 Å². The highest BCUT2D eigenvalue weighted by molar-refractivity contribution is 7.00. The van der Waals surface area contributed by atoms with Crippen LogP contribution in [0.4, 0.5) is 0 Å². The van der Waals surface area contributed by atoms with Crippen molar-refractivity contribution >= 4 is 28.7 Å². The fourth-order valence-corrected chi connectivity index (χ4v) is 5.58. The zero-order chi connectivity index (χ0) is 24.2. The minimum Gasteiger partial charge on any atom is -0.497 e. The number of hydrogen-bond donors (Lipinski definition) is 0. The minimum absolute atomic E-state index is 0.0688. The van der Waals surface area contributed by atoms with Gasteiger partial charge in [-0.1, -0.05) is 18.2 Å². The van der Waals surface area contributed by atoms with Crippen LogP contribution in [0.3, 0.4) is 0 Å². The standard InChI is InChI=1S/C27H30N4O3S/c1-30(27(32)26-7-4-14-34-26)25(17-19-5-3-6-22(15-19)33-2)21-10-12-31(13-11-21)18-20-8-9-23-24(16-20)29-35-28-23/h3-9,14-16,21,25H,10-13,17-18H2,1-2H3/t25-/m0/s1. The third kappa shape index (κ3) is 5.39. The summed E-state index contributed by atoms with van der Waals surface area (Å²) in [6.07, 6.45) is 4.39. The van der Waals surface area contributed by atoms with Crippen LogP contribution in [0, 0.1) is 5.92 Å². The predicted molar refractivity (Wildman–Crippen MR) is 137 cm³/mol. The Morgan fingerprint density at radius 1 is 1.11 bits per heavy atom. The van der Waals surface area contributed by atoms with Crippen LogP contribution in [0.5, 0.6) is 5.75 Å². The molecule has 0 aliphatic carbocycles. The van der Waals surface area contributed by atoms with E-state index in [9.17, 15) is 4.79 Å². The first-order valence-corrected chi connectivity index (χ1v) is 12.7. The number of aromatic nitrogens is 2. The number of rotatable bonds is 8. The Morgan fingerprint density at radius 3 is 2.71 bits per heavy atom. The van der Waals surface area contributed by atoms with Crippen LogP contribution in [0.25, 0.3) is 11.0 Å². The molecule has 8 heteroatoms. The van der Waals surface area contributed by atoms with Gasteiger partial charge in [0.25, 0.3) is 5.91 Å². The van der Waals surface area contributed by atoms with Crippen molar-refractivity contribution in [3.05, 3.63) is 77.7 Å². The van der Waals surface area contributed by atoms with Crippen LogP contribution >= 0.6 is 11.7 Å². The molecule has 3 heterocycles. The highest BCUT2D eigenvalue weighted by atomic mass is 32.1. The van der Waals surface area contributed by atoms with E-state index < -0.39 is 0 Å². The van der Waals surface area contributed by atoms with E-state index in [0.717, 1.165) is 55.7 Å². The molecule has 7 nitrogen and oxygen atoms in total. The van der Waals surface area contributed by atoms with Gasteiger partial charge in [-0.2, -0.15) is 8.75 Å². The van der Waals surface area contributed by atoms with E-state index in [2.05, 4.69) is 44.0 Å². The molecule has 2 aromatic heterocycles. The number of methoxy groups -OCH3 is 1. The molecule has 1 aliphatic heterocycles. The summed E-state index contributed by atoms with van der Waals surface area (Å²) in [5, 5.41) is 0. The van der Waals surface area contributed by atoms with Crippen molar-refractivity contribution in [3.8, 4) is 5.75 Å². The summed E-state index contributed by atoms with van der Waals surface area (Å²) < 4.78 is 19.5. The Labute approximate surface area is 209 Å². The normalized spacial score (nSPS) is 15.8. The lowest BCUT2D eigenvalue weighted by Crippen LogP contribution is -2.47. The molecule has 0 spiro atoms. The van der Waals surface area contributed by atoms with E-state index in [4.69, 9.17) is 9.15 Å². The lowest BCUT2D eigenvalue weighted by atomic mass is 9.84. The molecule has 0 radical (unpaired) electrons. The van der Waals surface area contributed by atoms with E-state index in [1.807, 2.05) is 24.1 Å². The van der Waals surface area contributed by atoms with E-state index >= 15 is 0 Å². The van der Waals surface area contributed by atoms with Crippen molar-refractivity contribution in [1.29, 1.82) is 0 Å². The molecule has 1 fully saturated rings. The van der Waals surface area contributed by atoms with Gasteiger partial charge in [0.2, 0.25) is 0 Å².